The number of aryl methyl sites for hydroxylation is 1. The molecule has 0 saturated heterocycles. The molecule has 1 rings (SSSR count). The van der Waals surface area contributed by atoms with Crippen molar-refractivity contribution in [1.29, 1.82) is 0 Å². The molecule has 0 aliphatic rings. The van der Waals surface area contributed by atoms with Gasteiger partial charge in [-0.25, -0.2) is 4.39 Å². The molecule has 0 aromatic heterocycles. The number of benzene rings is 1. The molecule has 0 fully saturated rings. The molecule has 2 nitrogen and oxygen atoms in total. The Morgan fingerprint density at radius 2 is 2.11 bits per heavy atom. The lowest BCUT2D eigenvalue weighted by molar-refractivity contribution is -0.137. The number of unbranched alkanes of at least 4 members (excludes halogenated alkanes) is 1. The van der Waals surface area contributed by atoms with Gasteiger partial charge in [0.25, 0.3) is 0 Å². The molecule has 0 unspecified atom stereocenters. The van der Waals surface area contributed by atoms with Crippen LogP contribution in [0, 0.1) is 18.7 Å². The number of carboxylic acids is 1. The highest BCUT2D eigenvalue weighted by molar-refractivity contribution is 5.68. The first-order valence-corrected chi connectivity index (χ1v) is 6.60. The highest BCUT2D eigenvalue weighted by Gasteiger charge is 2.08. The van der Waals surface area contributed by atoms with Gasteiger partial charge in [-0.2, -0.15) is 0 Å². The number of aliphatic carboxylic acids is 1. The Kier molecular flexibility index (Phi) is 5.74. The van der Waals surface area contributed by atoms with E-state index >= 15 is 0 Å². The van der Waals surface area contributed by atoms with E-state index in [1.165, 1.54) is 6.07 Å². The Morgan fingerprint density at radius 1 is 1.42 bits per heavy atom. The van der Waals surface area contributed by atoms with Crippen LogP contribution in [0.2, 0.25) is 0 Å². The average Bonchev–Trinajstić information content (AvgIpc) is 2.32. The van der Waals surface area contributed by atoms with Crippen molar-refractivity contribution < 1.29 is 14.3 Å². The second-order valence-electron chi connectivity index (χ2n) is 5.06. The maximum absolute atomic E-state index is 13.3. The van der Waals surface area contributed by atoms with Crippen molar-refractivity contribution >= 4 is 11.5 Å². The number of allylic oxidation sites excluding steroid dienone is 2. The van der Waals surface area contributed by atoms with Crippen molar-refractivity contribution in [2.24, 2.45) is 5.92 Å². The second kappa shape index (κ2) is 7.07. The number of hydrogen-bond donors (Lipinski definition) is 1. The zero-order valence-electron chi connectivity index (χ0n) is 11.7. The molecular weight excluding hydrogens is 243 g/mol. The fraction of sp³-hybridized carbons (Fsp3) is 0.438. The first-order valence-electron chi connectivity index (χ1n) is 6.60. The zero-order valence-corrected chi connectivity index (χ0v) is 11.7. The largest absolute Gasteiger partial charge is 0.481 e. The first-order chi connectivity index (χ1) is 8.91. The zero-order chi connectivity index (χ0) is 14.4. The molecule has 1 aromatic rings. The van der Waals surface area contributed by atoms with Crippen LogP contribution in [-0.4, -0.2) is 11.1 Å². The van der Waals surface area contributed by atoms with E-state index in [1.54, 1.807) is 13.0 Å². The molecule has 0 bridgehead atoms. The maximum atomic E-state index is 13.3. The van der Waals surface area contributed by atoms with Gasteiger partial charge in [0.1, 0.15) is 5.82 Å². The molecule has 0 saturated carbocycles. The van der Waals surface area contributed by atoms with E-state index < -0.39 is 5.97 Å². The predicted octanol–water partition coefficient (Wildman–Crippen LogP) is 4.43. The van der Waals surface area contributed by atoms with E-state index in [-0.39, 0.29) is 12.2 Å². The smallest absolute Gasteiger partial charge is 0.303 e. The summed E-state index contributed by atoms with van der Waals surface area (Å²) in [7, 11) is 0. The van der Waals surface area contributed by atoms with Crippen molar-refractivity contribution in [2.75, 3.05) is 0 Å². The number of halogens is 1. The van der Waals surface area contributed by atoms with Crippen LogP contribution < -0.4 is 0 Å². The van der Waals surface area contributed by atoms with Crippen LogP contribution in [0.4, 0.5) is 4.39 Å². The topological polar surface area (TPSA) is 37.3 Å². The minimum atomic E-state index is -0.767. The Morgan fingerprint density at radius 3 is 2.63 bits per heavy atom. The average molecular weight is 264 g/mol. The summed E-state index contributed by atoms with van der Waals surface area (Å²) < 4.78 is 13.3. The molecule has 0 radical (unpaired) electrons. The highest BCUT2D eigenvalue weighted by atomic mass is 19.1. The van der Waals surface area contributed by atoms with Crippen molar-refractivity contribution in [3.63, 3.8) is 0 Å². The monoisotopic (exact) mass is 264 g/mol. The quantitative estimate of drug-likeness (QED) is 0.772. The molecule has 1 aromatic carbocycles. The van der Waals surface area contributed by atoms with Gasteiger partial charge in [-0.05, 0) is 54.5 Å². The van der Waals surface area contributed by atoms with E-state index in [2.05, 4.69) is 19.9 Å². The van der Waals surface area contributed by atoms with Crippen molar-refractivity contribution in [3.8, 4) is 0 Å². The summed E-state index contributed by atoms with van der Waals surface area (Å²) in [6, 6.07) is 5.11. The summed E-state index contributed by atoms with van der Waals surface area (Å²) in [6.45, 7) is 5.92. The Labute approximate surface area is 114 Å². The van der Waals surface area contributed by atoms with Gasteiger partial charge in [-0.1, -0.05) is 26.0 Å². The highest BCUT2D eigenvalue weighted by Crippen LogP contribution is 2.25. The van der Waals surface area contributed by atoms with Gasteiger partial charge >= 0.3 is 5.97 Å². The molecule has 0 aliphatic carbocycles. The molecule has 0 atom stereocenters. The summed E-state index contributed by atoms with van der Waals surface area (Å²) in [5, 5.41) is 8.61. The second-order valence-corrected chi connectivity index (χ2v) is 5.06. The molecule has 0 aliphatic heterocycles. The lowest BCUT2D eigenvalue weighted by Gasteiger charge is -2.13. The minimum Gasteiger partial charge on any atom is -0.481 e. The molecule has 0 amide bonds. The van der Waals surface area contributed by atoms with Crippen LogP contribution in [0.25, 0.3) is 5.57 Å². The molecule has 3 heteroatoms. The first kappa shape index (κ1) is 15.4. The summed E-state index contributed by atoms with van der Waals surface area (Å²) in [5.41, 5.74) is 2.80. The van der Waals surface area contributed by atoms with Crippen LogP contribution in [0.15, 0.2) is 24.3 Å². The predicted molar refractivity (Wildman–Crippen MR) is 75.4 cm³/mol. The van der Waals surface area contributed by atoms with E-state index in [0.717, 1.165) is 17.6 Å². The van der Waals surface area contributed by atoms with Crippen LogP contribution in [0.1, 0.15) is 44.2 Å². The molecule has 104 valence electrons. The van der Waals surface area contributed by atoms with E-state index in [9.17, 15) is 9.18 Å². The summed E-state index contributed by atoms with van der Waals surface area (Å²) in [5.74, 6) is -0.635. The van der Waals surface area contributed by atoms with Crippen LogP contribution >= 0.6 is 0 Å². The Balaban J connectivity index is 2.84. The van der Waals surface area contributed by atoms with Crippen molar-refractivity contribution in [3.05, 3.63) is 41.2 Å². The van der Waals surface area contributed by atoms with Crippen molar-refractivity contribution in [1.82, 2.24) is 0 Å². The third-order valence-electron chi connectivity index (χ3n) is 3.07. The van der Waals surface area contributed by atoms with E-state index in [0.29, 0.717) is 17.9 Å². The van der Waals surface area contributed by atoms with Gasteiger partial charge in [0.05, 0.1) is 0 Å². The molecule has 1 N–H and O–H groups in total. The number of hydrogen-bond acceptors (Lipinski definition) is 1. The van der Waals surface area contributed by atoms with Crippen LogP contribution in [0.5, 0.6) is 0 Å². The Bertz CT molecular complexity index is 476. The lowest BCUT2D eigenvalue weighted by atomic mass is 9.93. The summed E-state index contributed by atoms with van der Waals surface area (Å²) in [4.78, 5) is 10.5. The van der Waals surface area contributed by atoms with Gasteiger partial charge in [-0.15, -0.1) is 0 Å². The number of carboxylic acid groups (broad SMARTS) is 1. The van der Waals surface area contributed by atoms with Crippen molar-refractivity contribution in [2.45, 2.75) is 40.0 Å². The van der Waals surface area contributed by atoms with Crippen LogP contribution in [-0.2, 0) is 4.79 Å². The third-order valence-corrected chi connectivity index (χ3v) is 3.07. The molecule has 0 heterocycles. The summed E-state index contributed by atoms with van der Waals surface area (Å²) in [6.07, 6.45) is 3.62. The SMILES string of the molecule is Cc1cc(/C(=C/CCCC(=O)O)C(C)C)ccc1F. The standard InChI is InChI=1S/C16H21FO2/c1-11(2)14(6-4-5-7-16(18)19)13-8-9-15(17)12(3)10-13/h6,8-11H,4-5,7H2,1-3H3,(H,18,19)/b14-6+. The summed E-state index contributed by atoms with van der Waals surface area (Å²) >= 11 is 0. The maximum Gasteiger partial charge on any atom is 0.303 e. The minimum absolute atomic E-state index is 0.185. The van der Waals surface area contributed by atoms with E-state index in [4.69, 9.17) is 5.11 Å². The Hall–Kier alpha value is -1.64. The van der Waals surface area contributed by atoms with Gasteiger partial charge in [0, 0.05) is 6.42 Å². The fourth-order valence-corrected chi connectivity index (χ4v) is 2.02. The number of rotatable bonds is 6. The molecule has 0 spiro atoms. The van der Waals surface area contributed by atoms with Gasteiger partial charge in [-0.3, -0.25) is 4.79 Å². The normalized spacial score (nSPS) is 11.9. The lowest BCUT2D eigenvalue weighted by Crippen LogP contribution is -1.97. The fourth-order valence-electron chi connectivity index (χ4n) is 2.02. The van der Waals surface area contributed by atoms with Crippen LogP contribution in [0.3, 0.4) is 0 Å². The molecule has 19 heavy (non-hydrogen) atoms. The van der Waals surface area contributed by atoms with Gasteiger partial charge < -0.3 is 5.11 Å². The van der Waals surface area contributed by atoms with Gasteiger partial charge in [0.2, 0.25) is 0 Å². The number of carbonyl (C=O) groups is 1. The van der Waals surface area contributed by atoms with E-state index in [1.807, 2.05) is 6.07 Å². The molecular formula is C16H21FO2. The van der Waals surface area contributed by atoms with Gasteiger partial charge in [0.15, 0.2) is 0 Å². The third kappa shape index (κ3) is 4.86.